The number of amides is 1. The van der Waals surface area contributed by atoms with Gasteiger partial charge in [-0.15, -0.1) is 0 Å². The summed E-state index contributed by atoms with van der Waals surface area (Å²) in [6.45, 7) is 4.34. The first-order valence-corrected chi connectivity index (χ1v) is 12.9. The van der Waals surface area contributed by atoms with Gasteiger partial charge < -0.3 is 16.0 Å². The Morgan fingerprint density at radius 2 is 2.00 bits per heavy atom. The minimum atomic E-state index is -3.34. The van der Waals surface area contributed by atoms with Crippen molar-refractivity contribution in [3.63, 3.8) is 0 Å². The van der Waals surface area contributed by atoms with E-state index in [1.165, 1.54) is 4.31 Å². The van der Waals surface area contributed by atoms with E-state index in [1.54, 1.807) is 6.20 Å². The SMILES string of the molecule is CCN1c2ccc(-c3cnc(N)c(Cl)c3N3CCC4(CCNC4=O)CC3)cc2CS1(=O)=O. The number of anilines is 3. The lowest BCUT2D eigenvalue weighted by atomic mass is 9.77. The Bertz CT molecular complexity index is 1210. The number of halogens is 1. The van der Waals surface area contributed by atoms with Gasteiger partial charge in [0.2, 0.25) is 15.9 Å². The van der Waals surface area contributed by atoms with Crippen LogP contribution in [0.2, 0.25) is 5.02 Å². The first-order chi connectivity index (χ1) is 15.3. The quantitative estimate of drug-likeness (QED) is 0.706. The Morgan fingerprint density at radius 1 is 1.25 bits per heavy atom. The van der Waals surface area contributed by atoms with Gasteiger partial charge in [-0.1, -0.05) is 17.7 Å². The summed E-state index contributed by atoms with van der Waals surface area (Å²) >= 11 is 6.66. The number of piperidine rings is 1. The number of fused-ring (bicyclic) bond motifs is 1. The van der Waals surface area contributed by atoms with E-state index in [0.29, 0.717) is 24.7 Å². The Labute approximate surface area is 192 Å². The molecule has 0 bridgehead atoms. The molecule has 0 saturated carbocycles. The molecular weight excluding hydrogens is 450 g/mol. The molecule has 3 aliphatic heterocycles. The zero-order valence-corrected chi connectivity index (χ0v) is 19.5. The Morgan fingerprint density at radius 3 is 2.66 bits per heavy atom. The van der Waals surface area contributed by atoms with Crippen LogP contribution in [-0.2, 0) is 20.6 Å². The van der Waals surface area contributed by atoms with Crippen molar-refractivity contribution in [1.82, 2.24) is 10.3 Å². The molecule has 1 aromatic heterocycles. The van der Waals surface area contributed by atoms with Crippen LogP contribution in [0.5, 0.6) is 0 Å². The monoisotopic (exact) mass is 475 g/mol. The van der Waals surface area contributed by atoms with Crippen molar-refractivity contribution in [2.24, 2.45) is 5.41 Å². The first-order valence-electron chi connectivity index (χ1n) is 10.9. The molecule has 8 nitrogen and oxygen atoms in total. The third kappa shape index (κ3) is 3.21. The molecule has 3 N–H and O–H groups in total. The highest BCUT2D eigenvalue weighted by Gasteiger charge is 2.45. The standard InChI is InChI=1S/C22H26ClN5O3S/c1-2-28-17-4-3-14(11-15(17)13-32(28,30)31)16-12-26-20(24)18(23)19(16)27-9-6-22(7-10-27)5-8-25-21(22)29/h3-4,11-12H,2,5-10,13H2,1H3,(H2,24,26)(H,25,29). The van der Waals surface area contributed by atoms with Gasteiger partial charge in [-0.3, -0.25) is 9.10 Å². The van der Waals surface area contributed by atoms with E-state index in [0.717, 1.165) is 53.9 Å². The lowest BCUT2D eigenvalue weighted by Crippen LogP contribution is -2.44. The maximum atomic E-state index is 12.5. The molecule has 10 heteroatoms. The summed E-state index contributed by atoms with van der Waals surface area (Å²) in [4.78, 5) is 18.8. The number of nitrogens with zero attached hydrogens (tertiary/aromatic N) is 3. The summed E-state index contributed by atoms with van der Waals surface area (Å²) in [5.74, 6) is 0.389. The highest BCUT2D eigenvalue weighted by Crippen LogP contribution is 2.45. The number of nitrogens with two attached hydrogens (primary N) is 1. The van der Waals surface area contributed by atoms with Gasteiger partial charge in [-0.05, 0) is 49.4 Å². The van der Waals surface area contributed by atoms with Crippen LogP contribution >= 0.6 is 11.6 Å². The first kappa shape index (κ1) is 21.3. The molecule has 1 aromatic carbocycles. The number of hydrogen-bond acceptors (Lipinski definition) is 6. The maximum absolute atomic E-state index is 12.5. The number of rotatable bonds is 3. The molecule has 2 fully saturated rings. The van der Waals surface area contributed by atoms with Crippen LogP contribution in [-0.4, -0.2) is 45.5 Å². The van der Waals surface area contributed by atoms with E-state index in [2.05, 4.69) is 15.2 Å². The lowest BCUT2D eigenvalue weighted by molar-refractivity contribution is -0.128. The smallest absolute Gasteiger partial charge is 0.239 e. The van der Waals surface area contributed by atoms with E-state index >= 15 is 0 Å². The van der Waals surface area contributed by atoms with Crippen LogP contribution in [0.1, 0.15) is 31.7 Å². The average molecular weight is 476 g/mol. The molecule has 3 aliphatic rings. The van der Waals surface area contributed by atoms with Gasteiger partial charge in [0, 0.05) is 37.9 Å². The molecule has 0 atom stereocenters. The van der Waals surface area contributed by atoms with Gasteiger partial charge in [-0.25, -0.2) is 13.4 Å². The van der Waals surface area contributed by atoms with Crippen LogP contribution in [0.4, 0.5) is 17.2 Å². The zero-order valence-electron chi connectivity index (χ0n) is 17.9. The van der Waals surface area contributed by atoms with Crippen molar-refractivity contribution in [1.29, 1.82) is 0 Å². The highest BCUT2D eigenvalue weighted by molar-refractivity contribution is 7.92. The summed E-state index contributed by atoms with van der Waals surface area (Å²) in [5.41, 5.74) is 9.71. The van der Waals surface area contributed by atoms with E-state index in [1.807, 2.05) is 25.1 Å². The molecule has 1 spiro atoms. The van der Waals surface area contributed by atoms with Gasteiger partial charge in [0.1, 0.15) is 10.8 Å². The average Bonchev–Trinajstić information content (AvgIpc) is 3.24. The van der Waals surface area contributed by atoms with Gasteiger partial charge in [0.05, 0.1) is 22.5 Å². The van der Waals surface area contributed by atoms with Crippen LogP contribution in [0.3, 0.4) is 0 Å². The van der Waals surface area contributed by atoms with Crippen molar-refractivity contribution in [3.05, 3.63) is 35.0 Å². The molecule has 170 valence electrons. The van der Waals surface area contributed by atoms with Gasteiger partial charge >= 0.3 is 0 Å². The fourth-order valence-corrected chi connectivity index (χ4v) is 7.19. The molecule has 4 heterocycles. The van der Waals surface area contributed by atoms with Crippen molar-refractivity contribution in [3.8, 4) is 11.1 Å². The zero-order chi connectivity index (χ0) is 22.7. The third-order valence-corrected chi connectivity index (χ3v) is 9.22. The minimum absolute atomic E-state index is 0.0170. The number of nitrogen functional groups attached to an aromatic ring is 1. The number of carbonyl (C=O) groups is 1. The Kier molecular flexibility index (Phi) is 5.01. The van der Waals surface area contributed by atoms with Gasteiger partial charge in [0.25, 0.3) is 0 Å². The summed E-state index contributed by atoms with van der Waals surface area (Å²) in [6.07, 6.45) is 4.08. The van der Waals surface area contributed by atoms with E-state index in [4.69, 9.17) is 17.3 Å². The second-order valence-electron chi connectivity index (χ2n) is 8.76. The molecule has 0 aliphatic carbocycles. The minimum Gasteiger partial charge on any atom is -0.382 e. The molecule has 0 unspecified atom stereocenters. The number of aromatic nitrogens is 1. The summed E-state index contributed by atoms with van der Waals surface area (Å²) in [5, 5.41) is 3.35. The molecule has 2 saturated heterocycles. The molecule has 32 heavy (non-hydrogen) atoms. The topological polar surface area (TPSA) is 109 Å². The van der Waals surface area contributed by atoms with Crippen LogP contribution in [0.25, 0.3) is 11.1 Å². The normalized spacial score (nSPS) is 21.1. The molecular formula is C22H26ClN5O3S. The van der Waals surface area contributed by atoms with Crippen molar-refractivity contribution in [2.75, 3.05) is 41.1 Å². The molecule has 5 rings (SSSR count). The number of sulfonamides is 1. The summed E-state index contributed by atoms with van der Waals surface area (Å²) < 4.78 is 26.4. The fourth-order valence-electron chi connectivity index (χ4n) is 5.27. The number of benzene rings is 1. The third-order valence-electron chi connectivity index (χ3n) is 7.05. The highest BCUT2D eigenvalue weighted by atomic mass is 35.5. The van der Waals surface area contributed by atoms with Crippen LogP contribution in [0, 0.1) is 5.41 Å². The predicted molar refractivity (Wildman–Crippen MR) is 126 cm³/mol. The Balaban J connectivity index is 1.52. The maximum Gasteiger partial charge on any atom is 0.239 e. The van der Waals surface area contributed by atoms with E-state index in [9.17, 15) is 13.2 Å². The Hall–Kier alpha value is -2.52. The van der Waals surface area contributed by atoms with Crippen LogP contribution < -0.4 is 20.3 Å². The number of hydrogen-bond donors (Lipinski definition) is 2. The number of pyridine rings is 1. The van der Waals surface area contributed by atoms with Gasteiger partial charge in [0.15, 0.2) is 0 Å². The number of nitrogens with one attached hydrogen (secondary N) is 1. The predicted octanol–water partition coefficient (Wildman–Crippen LogP) is 2.76. The second kappa shape index (κ2) is 7.52. The van der Waals surface area contributed by atoms with E-state index < -0.39 is 10.0 Å². The van der Waals surface area contributed by atoms with Crippen molar-refractivity contribution in [2.45, 2.75) is 31.9 Å². The lowest BCUT2D eigenvalue weighted by Gasteiger charge is -2.39. The largest absolute Gasteiger partial charge is 0.382 e. The summed E-state index contributed by atoms with van der Waals surface area (Å²) in [7, 11) is -3.34. The van der Waals surface area contributed by atoms with Crippen molar-refractivity contribution < 1.29 is 13.2 Å². The molecule has 0 radical (unpaired) electrons. The van der Waals surface area contributed by atoms with Gasteiger partial charge in [-0.2, -0.15) is 0 Å². The second-order valence-corrected chi connectivity index (χ2v) is 11.0. The summed E-state index contributed by atoms with van der Waals surface area (Å²) in [6, 6.07) is 5.66. The van der Waals surface area contributed by atoms with Crippen LogP contribution in [0.15, 0.2) is 24.4 Å². The number of carbonyl (C=O) groups excluding carboxylic acids is 1. The molecule has 1 amide bonds. The van der Waals surface area contributed by atoms with Crippen molar-refractivity contribution >= 4 is 44.7 Å². The molecule has 2 aromatic rings. The van der Waals surface area contributed by atoms with E-state index in [-0.39, 0.29) is 22.9 Å². The fraction of sp³-hybridized carbons (Fsp3) is 0.455.